The Morgan fingerprint density at radius 1 is 0.936 bits per heavy atom. The number of aryl methyl sites for hydroxylation is 1. The first-order valence-electron chi connectivity index (χ1n) is 17.7. The number of hydrogen-bond donors (Lipinski definition) is 0. The second-order valence-electron chi connectivity index (χ2n) is 16.8. The molecule has 7 nitrogen and oxygen atoms in total. The Balaban J connectivity index is 1.34. The van der Waals surface area contributed by atoms with Crippen LogP contribution in [-0.4, -0.2) is 68.1 Å². The average molecular weight is 663 g/mol. The normalized spacial score (nSPS) is 23.1. The van der Waals surface area contributed by atoms with Gasteiger partial charge in [-0.3, -0.25) is 4.79 Å². The van der Waals surface area contributed by atoms with Crippen LogP contribution >= 0.6 is 0 Å². The minimum atomic E-state index is -1.82. The van der Waals surface area contributed by atoms with E-state index in [4.69, 9.17) is 13.9 Å². The monoisotopic (exact) mass is 662 g/mol. The Morgan fingerprint density at radius 2 is 1.62 bits per heavy atom. The van der Waals surface area contributed by atoms with E-state index in [1.807, 2.05) is 37.8 Å². The topological polar surface area (TPSA) is 68.3 Å². The summed E-state index contributed by atoms with van der Waals surface area (Å²) in [4.78, 5) is 31.9. The van der Waals surface area contributed by atoms with Crippen molar-refractivity contribution in [3.8, 4) is 5.75 Å². The highest BCUT2D eigenvalue weighted by Gasteiger charge is 2.54. The highest BCUT2D eigenvalue weighted by Crippen LogP contribution is 2.52. The number of fused-ring (bicyclic) bond motifs is 1. The summed E-state index contributed by atoms with van der Waals surface area (Å²) in [5, 5.41) is 0.167. The van der Waals surface area contributed by atoms with Crippen LogP contribution in [0.2, 0.25) is 18.1 Å². The fourth-order valence-electron chi connectivity index (χ4n) is 7.11. The van der Waals surface area contributed by atoms with Crippen LogP contribution in [0.3, 0.4) is 0 Å². The maximum Gasteiger partial charge on any atom is 0.410 e. The molecule has 1 saturated heterocycles. The average Bonchev–Trinajstić information content (AvgIpc) is 3.63. The first-order chi connectivity index (χ1) is 21.9. The number of benzene rings is 2. The molecule has 3 unspecified atom stereocenters. The van der Waals surface area contributed by atoms with Crippen LogP contribution in [0, 0.1) is 31.6 Å². The van der Waals surface area contributed by atoms with E-state index >= 15 is 0 Å². The van der Waals surface area contributed by atoms with Crippen LogP contribution < -0.4 is 4.74 Å². The molecule has 0 aromatic heterocycles. The molecule has 2 aromatic rings. The molecule has 2 aliphatic carbocycles. The van der Waals surface area contributed by atoms with Gasteiger partial charge in [0.25, 0.3) is 0 Å². The van der Waals surface area contributed by atoms with Crippen LogP contribution in [0.15, 0.2) is 42.5 Å². The fraction of sp³-hybridized carbons (Fsp3) is 0.641. The number of amides is 2. The molecule has 1 heterocycles. The number of carbonyl (C=O) groups excluding carboxylic acids is 2. The van der Waals surface area contributed by atoms with E-state index in [1.165, 1.54) is 22.3 Å². The Labute approximate surface area is 284 Å². The van der Waals surface area contributed by atoms with E-state index in [-0.39, 0.29) is 46.8 Å². The van der Waals surface area contributed by atoms with Gasteiger partial charge in [0.2, 0.25) is 5.91 Å². The highest BCUT2D eigenvalue weighted by atomic mass is 28.4. The molecule has 8 heteroatoms. The van der Waals surface area contributed by atoms with Crippen molar-refractivity contribution in [1.29, 1.82) is 0 Å². The van der Waals surface area contributed by atoms with E-state index in [2.05, 4.69) is 82.9 Å². The second kappa shape index (κ2) is 13.6. The predicted octanol–water partition coefficient (Wildman–Crippen LogP) is 8.48. The van der Waals surface area contributed by atoms with Crippen molar-refractivity contribution < 1.29 is 23.5 Å². The lowest BCUT2D eigenvalue weighted by Crippen LogP contribution is -2.42. The van der Waals surface area contributed by atoms with Gasteiger partial charge in [-0.1, -0.05) is 51.1 Å². The zero-order valence-corrected chi connectivity index (χ0v) is 31.5. The molecule has 2 amide bonds. The Bertz CT molecular complexity index is 1420. The largest absolute Gasteiger partial charge is 0.491 e. The van der Waals surface area contributed by atoms with Gasteiger partial charge in [-0.2, -0.15) is 0 Å². The van der Waals surface area contributed by atoms with Crippen LogP contribution in [-0.2, 0) is 20.5 Å². The van der Waals surface area contributed by atoms with E-state index in [0.29, 0.717) is 32.8 Å². The molecule has 0 spiro atoms. The number of ether oxygens (including phenoxy) is 2. The van der Waals surface area contributed by atoms with Crippen molar-refractivity contribution in [2.24, 2.45) is 17.8 Å². The van der Waals surface area contributed by atoms with E-state index in [0.717, 1.165) is 25.0 Å². The highest BCUT2D eigenvalue weighted by molar-refractivity contribution is 6.74. The predicted molar refractivity (Wildman–Crippen MR) is 190 cm³/mol. The van der Waals surface area contributed by atoms with Gasteiger partial charge >= 0.3 is 6.09 Å². The third-order valence-corrected chi connectivity index (χ3v) is 15.7. The first-order valence-corrected chi connectivity index (χ1v) is 20.6. The quantitative estimate of drug-likeness (QED) is 0.189. The summed E-state index contributed by atoms with van der Waals surface area (Å²) in [6.45, 7) is 24.2. The zero-order valence-electron chi connectivity index (χ0n) is 30.5. The fourth-order valence-corrected chi connectivity index (χ4v) is 8.14. The van der Waals surface area contributed by atoms with E-state index in [1.54, 1.807) is 0 Å². The third-order valence-electron chi connectivity index (χ3n) is 11.1. The van der Waals surface area contributed by atoms with Crippen molar-refractivity contribution in [1.82, 2.24) is 9.80 Å². The SMILES string of the molecule is Cc1cccc(CN(C(=O)C2C(c3ccc(OCCO[Si](C)(C)C(C)(C)C)cc3)C[C@@H]3CN(C(=O)OC(C)(C)C)CC23)C2CC2)c1C. The lowest BCUT2D eigenvalue weighted by atomic mass is 9.83. The van der Waals surface area contributed by atoms with E-state index < -0.39 is 13.9 Å². The summed E-state index contributed by atoms with van der Waals surface area (Å²) < 4.78 is 18.1. The molecular weight excluding hydrogens is 605 g/mol. The molecule has 0 bridgehead atoms. The maximum absolute atomic E-state index is 14.8. The molecule has 2 saturated carbocycles. The Hall–Kier alpha value is -2.84. The molecule has 0 radical (unpaired) electrons. The van der Waals surface area contributed by atoms with Gasteiger partial charge in [-0.25, -0.2) is 4.79 Å². The number of carbonyl (C=O) groups is 2. The summed E-state index contributed by atoms with van der Waals surface area (Å²) in [6.07, 6.45) is 2.71. The molecule has 2 aromatic carbocycles. The summed E-state index contributed by atoms with van der Waals surface area (Å²) in [7, 11) is -1.82. The molecule has 1 aliphatic heterocycles. The number of likely N-dealkylation sites (tertiary alicyclic amines) is 1. The van der Waals surface area contributed by atoms with Gasteiger partial charge in [-0.05, 0) is 124 Å². The molecule has 258 valence electrons. The maximum atomic E-state index is 14.8. The Morgan fingerprint density at radius 3 is 2.23 bits per heavy atom. The minimum absolute atomic E-state index is 0.0918. The van der Waals surface area contributed by atoms with Gasteiger partial charge in [0.1, 0.15) is 18.0 Å². The van der Waals surface area contributed by atoms with Crippen LogP contribution in [0.1, 0.15) is 89.0 Å². The molecular formula is C39H58N2O5Si. The van der Waals surface area contributed by atoms with Gasteiger partial charge in [-0.15, -0.1) is 0 Å². The number of rotatable bonds is 10. The molecule has 3 aliphatic rings. The van der Waals surface area contributed by atoms with Gasteiger partial charge in [0.05, 0.1) is 6.61 Å². The van der Waals surface area contributed by atoms with Gasteiger partial charge in [0.15, 0.2) is 8.32 Å². The van der Waals surface area contributed by atoms with Crippen LogP contribution in [0.4, 0.5) is 4.79 Å². The van der Waals surface area contributed by atoms with Crippen molar-refractivity contribution in [3.05, 3.63) is 64.7 Å². The molecule has 3 fully saturated rings. The minimum Gasteiger partial charge on any atom is -0.491 e. The van der Waals surface area contributed by atoms with Gasteiger partial charge in [0, 0.05) is 31.6 Å². The lowest BCUT2D eigenvalue weighted by Gasteiger charge is -2.36. The number of nitrogens with zero attached hydrogens (tertiary/aromatic N) is 2. The first kappa shape index (κ1) is 35.5. The Kier molecular flexibility index (Phi) is 10.2. The van der Waals surface area contributed by atoms with Crippen molar-refractivity contribution in [2.45, 2.75) is 117 Å². The number of hydrogen-bond acceptors (Lipinski definition) is 5. The molecule has 47 heavy (non-hydrogen) atoms. The standard InChI is InChI=1S/C39H58N2O5Si/c1-26-12-11-13-29(27(26)2)24-41(31-16-17-31)36(42)35-33(22-30-23-40(25-34(30)35)37(43)46-38(3,4)5)28-14-18-32(19-15-28)44-20-21-45-47(9,10)39(6,7)8/h11-15,18-19,30-31,33-35H,16-17,20-25H2,1-10H3/t30-,33?,34?,35?/m1/s1. The van der Waals surface area contributed by atoms with Gasteiger partial charge < -0.3 is 23.7 Å². The summed E-state index contributed by atoms with van der Waals surface area (Å²) in [5.74, 6) is 1.31. The lowest BCUT2D eigenvalue weighted by molar-refractivity contribution is -0.138. The second-order valence-corrected chi connectivity index (χ2v) is 21.6. The summed E-state index contributed by atoms with van der Waals surface area (Å²) >= 11 is 0. The third kappa shape index (κ3) is 8.25. The molecule has 5 rings (SSSR count). The van der Waals surface area contributed by atoms with Crippen molar-refractivity contribution in [2.75, 3.05) is 26.3 Å². The van der Waals surface area contributed by atoms with Crippen LogP contribution in [0.25, 0.3) is 0 Å². The smallest absolute Gasteiger partial charge is 0.410 e. The zero-order chi connectivity index (χ0) is 34.3. The van der Waals surface area contributed by atoms with E-state index in [9.17, 15) is 9.59 Å². The summed E-state index contributed by atoms with van der Waals surface area (Å²) in [6, 6.07) is 15.1. The molecule has 4 atom stereocenters. The summed E-state index contributed by atoms with van der Waals surface area (Å²) in [5.41, 5.74) is 4.35. The van der Waals surface area contributed by atoms with Crippen molar-refractivity contribution in [3.63, 3.8) is 0 Å². The van der Waals surface area contributed by atoms with Crippen LogP contribution in [0.5, 0.6) is 5.75 Å². The molecule has 0 N–H and O–H groups in total. The van der Waals surface area contributed by atoms with Crippen molar-refractivity contribution >= 4 is 20.3 Å².